The average molecular weight is 103 g/mol. The van der Waals surface area contributed by atoms with Crippen LogP contribution in [0.4, 0.5) is 0 Å². The van der Waals surface area contributed by atoms with E-state index in [1.54, 1.807) is 6.20 Å². The van der Waals surface area contributed by atoms with Crippen molar-refractivity contribution in [3.05, 3.63) is 17.5 Å². The van der Waals surface area contributed by atoms with Crippen LogP contribution < -0.4 is 4.83 Å². The van der Waals surface area contributed by atoms with Crippen LogP contribution in [-0.2, 0) is 0 Å². The van der Waals surface area contributed by atoms with E-state index in [9.17, 15) is 5.21 Å². The molecule has 0 aromatic carbocycles. The molecule has 0 saturated heterocycles. The Morgan fingerprint density at radius 1 is 1.83 bits per heavy atom. The largest absolute Gasteiger partial charge is 0.628 e. The Morgan fingerprint density at radius 2 is 2.67 bits per heavy atom. The lowest BCUT2D eigenvalue weighted by molar-refractivity contribution is -0.633. The van der Waals surface area contributed by atoms with E-state index in [0.29, 0.717) is 13.6 Å². The molecule has 6 heavy (non-hydrogen) atoms. The molecule has 0 aliphatic carbocycles. The van der Waals surface area contributed by atoms with E-state index in [1.807, 2.05) is 6.08 Å². The van der Waals surface area contributed by atoms with E-state index in [0.717, 1.165) is 6.16 Å². The number of nitrogens with one attached hydrogen (secondary N) is 1. The van der Waals surface area contributed by atoms with Gasteiger partial charge in [0.05, 0.1) is 14.9 Å². The van der Waals surface area contributed by atoms with Gasteiger partial charge in [0, 0.05) is 6.16 Å². The molecule has 1 heterocycles. The van der Waals surface area contributed by atoms with Crippen molar-refractivity contribution in [3.8, 4) is 0 Å². The molecule has 0 saturated carbocycles. The maximum Gasteiger partial charge on any atom is 0.0965 e. The Hall–Kier alpha value is 0.0900. The molecule has 2 atom stereocenters. The van der Waals surface area contributed by atoms with Gasteiger partial charge in [-0.3, -0.25) is 0 Å². The van der Waals surface area contributed by atoms with E-state index < -0.39 is 0 Å². The predicted molar refractivity (Wildman–Crippen MR) is 26.7 cm³/mol. The Labute approximate surface area is 38.3 Å². The first-order chi connectivity index (χ1) is 2.89. The lowest BCUT2D eigenvalue weighted by atomic mass is 10.7. The molecular formula is C3H6NOP. The second-order valence-corrected chi connectivity index (χ2v) is 2.40. The first-order valence-corrected chi connectivity index (χ1v) is 3.05. The summed E-state index contributed by atoms with van der Waals surface area (Å²) in [5, 5.41) is 10.2. The molecular weight excluding hydrogens is 97.0 g/mol. The maximum atomic E-state index is 10.2. The summed E-state index contributed by atoms with van der Waals surface area (Å²) in [5.74, 6) is 0. The highest BCUT2D eigenvalue weighted by Gasteiger charge is 1.95. The molecule has 34 valence electrons. The summed E-state index contributed by atoms with van der Waals surface area (Å²) in [5.41, 5.74) is 0. The third-order valence-electron chi connectivity index (χ3n) is 0.663. The molecule has 0 bridgehead atoms. The zero-order valence-electron chi connectivity index (χ0n) is 3.27. The van der Waals surface area contributed by atoms with Gasteiger partial charge in [0.25, 0.3) is 0 Å². The van der Waals surface area contributed by atoms with Gasteiger partial charge in [0.15, 0.2) is 0 Å². The lowest BCUT2D eigenvalue weighted by Crippen LogP contribution is -2.91. The number of allylic oxidation sites excluding steroid dienone is 1. The number of hydroxylamine groups is 1. The zero-order chi connectivity index (χ0) is 4.41. The molecule has 1 rings (SSSR count). The summed E-state index contributed by atoms with van der Waals surface area (Å²) in [7, 11) is 0.532. The second-order valence-electron chi connectivity index (χ2n) is 1.15. The van der Waals surface area contributed by atoms with Crippen molar-refractivity contribution in [2.45, 2.75) is 0 Å². The van der Waals surface area contributed by atoms with Gasteiger partial charge >= 0.3 is 0 Å². The van der Waals surface area contributed by atoms with E-state index in [2.05, 4.69) is 0 Å². The van der Waals surface area contributed by atoms with Crippen molar-refractivity contribution < 1.29 is 4.83 Å². The molecule has 2 unspecified atom stereocenters. The summed E-state index contributed by atoms with van der Waals surface area (Å²) in [6.45, 7) is 0. The first kappa shape index (κ1) is 4.25. The highest BCUT2D eigenvalue weighted by Crippen LogP contribution is 1.99. The minimum atomic E-state index is 0.301. The van der Waals surface area contributed by atoms with Gasteiger partial charge in [0.2, 0.25) is 0 Å². The minimum absolute atomic E-state index is 0.301. The van der Waals surface area contributed by atoms with Crippen LogP contribution in [0.1, 0.15) is 0 Å². The predicted octanol–water partition coefficient (Wildman–Crippen LogP) is -0.510. The van der Waals surface area contributed by atoms with Crippen molar-refractivity contribution in [3.63, 3.8) is 0 Å². The number of quaternary nitrogens is 1. The molecule has 3 heteroatoms. The Morgan fingerprint density at radius 3 is 2.83 bits per heavy atom. The van der Waals surface area contributed by atoms with Crippen LogP contribution in [0.3, 0.4) is 0 Å². The fraction of sp³-hybridized carbons (Fsp3) is 0.333. The number of hydrogen-bond donors (Lipinski definition) is 1. The lowest BCUT2D eigenvalue weighted by Gasteiger charge is -2.08. The van der Waals surface area contributed by atoms with Gasteiger partial charge in [0.1, 0.15) is 0 Å². The molecule has 1 aliphatic rings. The Balaban J connectivity index is 2.38. The van der Waals surface area contributed by atoms with Crippen molar-refractivity contribution in [1.82, 2.24) is 0 Å². The molecule has 2 nitrogen and oxygen atoms in total. The quantitative estimate of drug-likeness (QED) is 0.324. The summed E-state index contributed by atoms with van der Waals surface area (Å²) < 4.78 is 0. The van der Waals surface area contributed by atoms with Crippen molar-refractivity contribution >= 4 is 8.73 Å². The molecule has 0 amide bonds. The summed E-state index contributed by atoms with van der Waals surface area (Å²) in [4.78, 5) is 0.301. The third-order valence-corrected chi connectivity index (χ3v) is 1.62. The van der Waals surface area contributed by atoms with Crippen LogP contribution >= 0.6 is 8.73 Å². The highest BCUT2D eigenvalue weighted by molar-refractivity contribution is 7.31. The number of hydrogen-bond acceptors (Lipinski definition) is 1. The van der Waals surface area contributed by atoms with Crippen molar-refractivity contribution in [1.29, 1.82) is 0 Å². The first-order valence-electron chi connectivity index (χ1n) is 1.84. The zero-order valence-corrected chi connectivity index (χ0v) is 4.27. The molecule has 1 aliphatic heterocycles. The monoisotopic (exact) mass is 103 g/mol. The average Bonchev–Trinajstić information content (AvgIpc) is 1.86. The number of rotatable bonds is 0. The van der Waals surface area contributed by atoms with Crippen LogP contribution in [0.5, 0.6) is 0 Å². The second kappa shape index (κ2) is 1.69. The third kappa shape index (κ3) is 0.777. The van der Waals surface area contributed by atoms with E-state index in [1.165, 1.54) is 0 Å². The van der Waals surface area contributed by atoms with Crippen LogP contribution in [-0.4, -0.2) is 6.16 Å². The highest BCUT2D eigenvalue weighted by atomic mass is 31.1. The molecule has 0 spiro atoms. The van der Waals surface area contributed by atoms with Crippen LogP contribution in [0, 0.1) is 5.21 Å². The normalized spacial score (nSPS) is 35.8. The van der Waals surface area contributed by atoms with Crippen LogP contribution in [0.15, 0.2) is 12.3 Å². The van der Waals surface area contributed by atoms with Crippen molar-refractivity contribution in [2.75, 3.05) is 6.16 Å². The van der Waals surface area contributed by atoms with Crippen LogP contribution in [0.2, 0.25) is 0 Å². The summed E-state index contributed by atoms with van der Waals surface area (Å²) in [6, 6.07) is 0. The van der Waals surface area contributed by atoms with Gasteiger partial charge < -0.3 is 10.0 Å². The standard InChI is InChI=1S/C3H6NOP/c5-4-2-1-3-6-4/h1-2,4,6H,3H2. The summed E-state index contributed by atoms with van der Waals surface area (Å²) in [6.07, 6.45) is 4.55. The SMILES string of the molecule is [O-][NH+]1C=CCP1. The minimum Gasteiger partial charge on any atom is -0.628 e. The molecule has 0 aromatic heterocycles. The smallest absolute Gasteiger partial charge is 0.0965 e. The molecule has 0 aromatic rings. The van der Waals surface area contributed by atoms with E-state index >= 15 is 0 Å². The van der Waals surface area contributed by atoms with Gasteiger partial charge in [-0.25, -0.2) is 0 Å². The fourth-order valence-corrected chi connectivity index (χ4v) is 1.06. The molecule has 0 fully saturated rings. The maximum absolute atomic E-state index is 10.2. The van der Waals surface area contributed by atoms with Gasteiger partial charge in [-0.05, 0) is 6.08 Å². The fourth-order valence-electron chi connectivity index (χ4n) is 0.384. The summed E-state index contributed by atoms with van der Waals surface area (Å²) >= 11 is 0. The van der Waals surface area contributed by atoms with E-state index in [-0.39, 0.29) is 0 Å². The van der Waals surface area contributed by atoms with E-state index in [4.69, 9.17) is 0 Å². The van der Waals surface area contributed by atoms with Gasteiger partial charge in [-0.2, -0.15) is 0 Å². The van der Waals surface area contributed by atoms with Gasteiger partial charge in [-0.15, -0.1) is 0 Å². The molecule has 0 radical (unpaired) electrons. The van der Waals surface area contributed by atoms with Crippen molar-refractivity contribution in [2.24, 2.45) is 0 Å². The topological polar surface area (TPSA) is 27.5 Å². The molecule has 1 N–H and O–H groups in total. The van der Waals surface area contributed by atoms with Crippen LogP contribution in [0.25, 0.3) is 0 Å². The Kier molecular flexibility index (Phi) is 1.20. The Bertz CT molecular complexity index is 73.2. The van der Waals surface area contributed by atoms with Gasteiger partial charge in [-0.1, -0.05) is 0 Å².